The van der Waals surface area contributed by atoms with Crippen LogP contribution in [0.4, 0.5) is 0 Å². The molecule has 0 bridgehead atoms. The number of piperidine rings is 1. The molecule has 0 spiro atoms. The van der Waals surface area contributed by atoms with Crippen LogP contribution in [0.15, 0.2) is 42.6 Å². The van der Waals surface area contributed by atoms with Crippen molar-refractivity contribution in [1.29, 1.82) is 0 Å². The van der Waals surface area contributed by atoms with Crippen molar-refractivity contribution >= 4 is 34.4 Å². The van der Waals surface area contributed by atoms with Crippen molar-refractivity contribution in [2.75, 3.05) is 26.2 Å². The SMILES string of the molecule is Cc1cc(OCCN2CCC(c3nc4ncccc4[nH]3)CC2)nn1-c1ccc(Cl)c(Cl)c1. The molecule has 4 heterocycles. The molecule has 1 aliphatic heterocycles. The molecule has 1 saturated heterocycles. The van der Waals surface area contributed by atoms with Gasteiger partial charge in [0.05, 0.1) is 21.2 Å². The van der Waals surface area contributed by atoms with Crippen LogP contribution in [0.5, 0.6) is 5.88 Å². The lowest BCUT2D eigenvalue weighted by atomic mass is 9.96. The molecule has 0 saturated carbocycles. The minimum atomic E-state index is 0.450. The van der Waals surface area contributed by atoms with Crippen molar-refractivity contribution in [3.05, 3.63) is 64.2 Å². The topological polar surface area (TPSA) is 71.9 Å². The number of benzene rings is 1. The number of pyridine rings is 1. The van der Waals surface area contributed by atoms with Gasteiger partial charge in [-0.05, 0) is 63.2 Å². The second-order valence-corrected chi connectivity index (χ2v) is 8.91. The summed E-state index contributed by atoms with van der Waals surface area (Å²) in [5, 5.41) is 5.59. The van der Waals surface area contributed by atoms with Crippen molar-refractivity contribution < 1.29 is 4.74 Å². The maximum atomic E-state index is 6.14. The van der Waals surface area contributed by atoms with Crippen LogP contribution >= 0.6 is 23.2 Å². The number of rotatable bonds is 6. The Morgan fingerprint density at radius 3 is 2.75 bits per heavy atom. The summed E-state index contributed by atoms with van der Waals surface area (Å²) >= 11 is 12.2. The summed E-state index contributed by atoms with van der Waals surface area (Å²) in [4.78, 5) is 14.9. The molecule has 7 nitrogen and oxygen atoms in total. The van der Waals surface area contributed by atoms with E-state index in [0.29, 0.717) is 28.5 Å². The predicted molar refractivity (Wildman–Crippen MR) is 126 cm³/mol. The number of nitrogens with one attached hydrogen (secondary N) is 1. The number of hydrogen-bond acceptors (Lipinski definition) is 5. The van der Waals surface area contributed by atoms with E-state index in [1.54, 1.807) is 18.3 Å². The third-order valence-corrected chi connectivity index (χ3v) is 6.66. The van der Waals surface area contributed by atoms with Gasteiger partial charge in [0.1, 0.15) is 12.4 Å². The Balaban J connectivity index is 1.13. The highest BCUT2D eigenvalue weighted by atomic mass is 35.5. The van der Waals surface area contributed by atoms with E-state index >= 15 is 0 Å². The van der Waals surface area contributed by atoms with E-state index in [1.165, 1.54) is 0 Å². The monoisotopic (exact) mass is 470 g/mol. The number of nitrogens with zero attached hydrogens (tertiary/aromatic N) is 5. The highest BCUT2D eigenvalue weighted by Gasteiger charge is 2.23. The standard InChI is InChI=1S/C23H24Cl2N6O/c1-15-13-21(29-31(15)17-4-5-18(24)19(25)14-17)32-12-11-30-9-6-16(7-10-30)22-27-20-3-2-8-26-23(20)28-22/h2-5,8,13-14,16H,6-7,9-12H2,1H3,(H,26,27,28). The molecule has 1 aromatic carbocycles. The molecule has 5 rings (SSSR count). The summed E-state index contributed by atoms with van der Waals surface area (Å²) in [5.41, 5.74) is 3.64. The van der Waals surface area contributed by atoms with Gasteiger partial charge in [-0.1, -0.05) is 23.2 Å². The molecule has 166 valence electrons. The lowest BCUT2D eigenvalue weighted by Crippen LogP contribution is -2.36. The molecule has 1 N–H and O–H groups in total. The van der Waals surface area contributed by atoms with E-state index in [-0.39, 0.29) is 0 Å². The van der Waals surface area contributed by atoms with Gasteiger partial charge in [-0.25, -0.2) is 14.6 Å². The third-order valence-electron chi connectivity index (χ3n) is 5.92. The van der Waals surface area contributed by atoms with Crippen molar-refractivity contribution in [1.82, 2.24) is 29.6 Å². The van der Waals surface area contributed by atoms with Crippen molar-refractivity contribution in [2.24, 2.45) is 0 Å². The van der Waals surface area contributed by atoms with Gasteiger partial charge < -0.3 is 9.72 Å². The quantitative estimate of drug-likeness (QED) is 0.428. The zero-order valence-corrected chi connectivity index (χ0v) is 19.3. The van der Waals surface area contributed by atoms with Gasteiger partial charge in [0.25, 0.3) is 0 Å². The van der Waals surface area contributed by atoms with E-state index in [9.17, 15) is 0 Å². The Morgan fingerprint density at radius 2 is 1.97 bits per heavy atom. The molecular weight excluding hydrogens is 447 g/mol. The van der Waals surface area contributed by atoms with Crippen molar-refractivity contribution in [3.63, 3.8) is 0 Å². The normalized spacial score (nSPS) is 15.5. The third kappa shape index (κ3) is 4.46. The molecule has 4 aromatic rings. The smallest absolute Gasteiger partial charge is 0.233 e. The largest absolute Gasteiger partial charge is 0.475 e. The molecule has 0 aliphatic carbocycles. The van der Waals surface area contributed by atoms with Crippen LogP contribution in [0.3, 0.4) is 0 Å². The number of fused-ring (bicyclic) bond motifs is 1. The lowest BCUT2D eigenvalue weighted by molar-refractivity contribution is 0.169. The number of hydrogen-bond donors (Lipinski definition) is 1. The van der Waals surface area contributed by atoms with Crippen LogP contribution in [0.2, 0.25) is 10.0 Å². The van der Waals surface area contributed by atoms with Crippen LogP contribution < -0.4 is 4.74 Å². The summed E-state index contributed by atoms with van der Waals surface area (Å²) in [7, 11) is 0. The predicted octanol–water partition coefficient (Wildman–Crippen LogP) is 5.02. The number of aromatic amines is 1. The lowest BCUT2D eigenvalue weighted by Gasteiger charge is -2.30. The molecule has 0 radical (unpaired) electrons. The van der Waals surface area contributed by atoms with Gasteiger partial charge in [0.15, 0.2) is 5.65 Å². The van der Waals surface area contributed by atoms with Gasteiger partial charge in [0.2, 0.25) is 5.88 Å². The van der Waals surface area contributed by atoms with E-state index in [4.69, 9.17) is 27.9 Å². The fraction of sp³-hybridized carbons (Fsp3) is 0.348. The molecule has 0 atom stereocenters. The first-order valence-electron chi connectivity index (χ1n) is 10.7. The number of imidazole rings is 1. The number of H-pyrrole nitrogens is 1. The molecule has 32 heavy (non-hydrogen) atoms. The average molecular weight is 471 g/mol. The summed E-state index contributed by atoms with van der Waals surface area (Å²) in [6, 6.07) is 11.4. The summed E-state index contributed by atoms with van der Waals surface area (Å²) in [5.74, 6) is 2.11. The highest BCUT2D eigenvalue weighted by molar-refractivity contribution is 6.42. The van der Waals surface area contributed by atoms with Crippen molar-refractivity contribution in [2.45, 2.75) is 25.7 Å². The zero-order chi connectivity index (χ0) is 22.1. The van der Waals surface area contributed by atoms with Gasteiger partial charge in [-0.3, -0.25) is 4.90 Å². The van der Waals surface area contributed by atoms with Crippen LogP contribution in [-0.4, -0.2) is 55.9 Å². The van der Waals surface area contributed by atoms with E-state index in [2.05, 4.69) is 25.0 Å². The van der Waals surface area contributed by atoms with Crippen molar-refractivity contribution in [3.8, 4) is 11.6 Å². The summed E-state index contributed by atoms with van der Waals surface area (Å²) in [6.45, 7) is 5.50. The molecule has 0 unspecified atom stereocenters. The van der Waals surface area contributed by atoms with Crippen LogP contribution in [0.25, 0.3) is 16.9 Å². The maximum Gasteiger partial charge on any atom is 0.233 e. The Hall–Kier alpha value is -2.61. The second-order valence-electron chi connectivity index (χ2n) is 8.10. The first-order chi connectivity index (χ1) is 15.6. The Kier molecular flexibility index (Phi) is 6.04. The number of aromatic nitrogens is 5. The number of halogens is 2. The van der Waals surface area contributed by atoms with Gasteiger partial charge in [0, 0.05) is 30.4 Å². The Labute approximate surface area is 196 Å². The van der Waals surface area contributed by atoms with Crippen LogP contribution in [0, 0.1) is 6.92 Å². The minimum absolute atomic E-state index is 0.450. The molecule has 3 aromatic heterocycles. The zero-order valence-electron chi connectivity index (χ0n) is 17.8. The average Bonchev–Trinajstić information content (AvgIpc) is 3.39. The molecular formula is C23H24Cl2N6O. The van der Waals surface area contributed by atoms with Gasteiger partial charge >= 0.3 is 0 Å². The number of ether oxygens (including phenoxy) is 1. The Morgan fingerprint density at radius 1 is 1.12 bits per heavy atom. The first-order valence-corrected chi connectivity index (χ1v) is 11.5. The fourth-order valence-electron chi connectivity index (χ4n) is 4.16. The molecule has 9 heteroatoms. The molecule has 1 aliphatic rings. The van der Waals surface area contributed by atoms with E-state index in [1.807, 2.05) is 35.9 Å². The number of aryl methyl sites for hydroxylation is 1. The summed E-state index contributed by atoms with van der Waals surface area (Å²) < 4.78 is 7.75. The minimum Gasteiger partial charge on any atom is -0.475 e. The van der Waals surface area contributed by atoms with Gasteiger partial charge in [-0.2, -0.15) is 0 Å². The second kappa shape index (κ2) is 9.10. The fourth-order valence-corrected chi connectivity index (χ4v) is 4.45. The highest BCUT2D eigenvalue weighted by Crippen LogP contribution is 2.28. The van der Waals surface area contributed by atoms with Crippen LogP contribution in [-0.2, 0) is 0 Å². The van der Waals surface area contributed by atoms with Crippen LogP contribution in [0.1, 0.15) is 30.3 Å². The Bertz CT molecular complexity index is 1200. The molecule has 1 fully saturated rings. The summed E-state index contributed by atoms with van der Waals surface area (Å²) in [6.07, 6.45) is 3.93. The van der Waals surface area contributed by atoms with Gasteiger partial charge in [-0.15, -0.1) is 5.10 Å². The maximum absolute atomic E-state index is 6.14. The number of likely N-dealkylation sites (tertiary alicyclic amines) is 1. The first kappa shape index (κ1) is 21.2. The van der Waals surface area contributed by atoms with E-state index in [0.717, 1.165) is 60.8 Å². The molecule has 0 amide bonds. The van der Waals surface area contributed by atoms with E-state index < -0.39 is 0 Å².